The van der Waals surface area contributed by atoms with Gasteiger partial charge in [-0.05, 0) is 104 Å². The Hall–Kier alpha value is -4.02. The molecule has 7 heteroatoms. The van der Waals surface area contributed by atoms with Crippen molar-refractivity contribution in [1.29, 1.82) is 5.26 Å². The molecule has 3 aromatic carbocycles. The summed E-state index contributed by atoms with van der Waals surface area (Å²) < 4.78 is 14.8. The van der Waals surface area contributed by atoms with Crippen LogP contribution in [-0.4, -0.2) is 41.9 Å². The smallest absolute Gasteiger partial charge is 0.254 e. The minimum atomic E-state index is -0.675. The fourth-order valence-electron chi connectivity index (χ4n) is 6.78. The fourth-order valence-corrected chi connectivity index (χ4v) is 6.78. The molecule has 2 saturated heterocycles. The molecule has 0 spiro atoms. The molecule has 3 aliphatic heterocycles. The van der Waals surface area contributed by atoms with Crippen molar-refractivity contribution in [3.63, 3.8) is 0 Å². The van der Waals surface area contributed by atoms with Gasteiger partial charge in [-0.1, -0.05) is 18.2 Å². The van der Waals surface area contributed by atoms with E-state index in [1.807, 2.05) is 61.2 Å². The molecule has 6 rings (SSSR count). The minimum absolute atomic E-state index is 0.0286. The topological polar surface area (TPSA) is 90.4 Å². The lowest BCUT2D eigenvalue weighted by Gasteiger charge is -2.38. The molecule has 1 unspecified atom stereocenters. The molecule has 0 aliphatic carbocycles. The monoisotopic (exact) mass is 522 g/mol. The van der Waals surface area contributed by atoms with Crippen LogP contribution in [0.25, 0.3) is 22.3 Å². The molecule has 2 N–H and O–H groups in total. The van der Waals surface area contributed by atoms with Crippen LogP contribution in [0.3, 0.4) is 0 Å². The Morgan fingerprint density at radius 2 is 1.67 bits per heavy atom. The first kappa shape index (κ1) is 25.3. The van der Waals surface area contributed by atoms with E-state index < -0.39 is 11.2 Å². The number of nitrogens with two attached hydrogens (primary N) is 1. The molecule has 0 radical (unpaired) electrons. The van der Waals surface area contributed by atoms with Crippen LogP contribution in [-0.2, 0) is 10.2 Å². The van der Waals surface area contributed by atoms with E-state index >= 15 is 0 Å². The number of hydrogen-bond acceptors (Lipinski definition) is 4. The van der Waals surface area contributed by atoms with Crippen LogP contribution in [0.15, 0.2) is 54.6 Å². The van der Waals surface area contributed by atoms with Crippen LogP contribution in [0.2, 0.25) is 0 Å². The molecule has 2 fully saturated rings. The molecule has 6 nitrogen and oxygen atoms in total. The summed E-state index contributed by atoms with van der Waals surface area (Å²) in [6.07, 6.45) is 3.56. The Balaban J connectivity index is 1.48. The summed E-state index contributed by atoms with van der Waals surface area (Å²) in [5, 5.41) is 9.25. The zero-order valence-electron chi connectivity index (χ0n) is 22.4. The average Bonchev–Trinajstić information content (AvgIpc) is 3.29. The lowest BCUT2D eigenvalue weighted by molar-refractivity contribution is -0.121. The molecular weight excluding hydrogens is 491 g/mol. The third-order valence-corrected chi connectivity index (χ3v) is 8.85. The number of carbonyl (C=O) groups is 2. The minimum Gasteiger partial charge on any atom is -0.333 e. The van der Waals surface area contributed by atoms with Crippen LogP contribution in [0, 0.1) is 17.1 Å². The number of anilines is 1. The number of rotatable bonds is 3. The van der Waals surface area contributed by atoms with Crippen LogP contribution < -0.4 is 10.6 Å². The van der Waals surface area contributed by atoms with Gasteiger partial charge in [-0.25, -0.2) is 4.39 Å². The van der Waals surface area contributed by atoms with Gasteiger partial charge in [0.25, 0.3) is 5.91 Å². The third-order valence-electron chi connectivity index (χ3n) is 8.85. The van der Waals surface area contributed by atoms with E-state index in [1.54, 1.807) is 18.0 Å². The van der Waals surface area contributed by atoms with Gasteiger partial charge in [-0.3, -0.25) is 9.59 Å². The number of amides is 2. The highest BCUT2D eigenvalue weighted by Crippen LogP contribution is 2.44. The largest absolute Gasteiger partial charge is 0.333 e. The summed E-state index contributed by atoms with van der Waals surface area (Å²) in [5.74, 6) is -0.609. The fraction of sp³-hybridized carbons (Fsp3) is 0.344. The second kappa shape index (κ2) is 9.03. The van der Waals surface area contributed by atoms with Crippen LogP contribution in [0.1, 0.15) is 61.0 Å². The number of carbonyl (C=O) groups excluding carboxylic acids is 2. The number of benzene rings is 3. The van der Waals surface area contributed by atoms with Crippen molar-refractivity contribution in [3.8, 4) is 28.3 Å². The molecule has 2 bridgehead atoms. The van der Waals surface area contributed by atoms with E-state index in [2.05, 4.69) is 0 Å². The Kier molecular flexibility index (Phi) is 5.85. The molecular formula is C32H31FN4O2. The lowest BCUT2D eigenvalue weighted by atomic mass is 9.83. The molecule has 198 valence electrons. The molecule has 3 aliphatic rings. The second-order valence-corrected chi connectivity index (χ2v) is 11.6. The highest BCUT2D eigenvalue weighted by molar-refractivity contribution is 6.08. The van der Waals surface area contributed by atoms with Crippen LogP contribution in [0.5, 0.6) is 0 Å². The SMILES string of the molecule is CN1C(=O)C(C)(C)c2cc(-c3ccc(C(=O)N4[C@@H]5CC[C@H]4CC(N)C5)cc3-c3ccc(C#N)c(F)c3)ccc21. The molecule has 3 atom stereocenters. The Morgan fingerprint density at radius 3 is 2.33 bits per heavy atom. The van der Waals surface area contributed by atoms with Gasteiger partial charge in [0.05, 0.1) is 11.0 Å². The zero-order valence-corrected chi connectivity index (χ0v) is 22.4. The zero-order chi connectivity index (χ0) is 27.6. The van der Waals surface area contributed by atoms with Crippen LogP contribution in [0.4, 0.5) is 10.1 Å². The van der Waals surface area contributed by atoms with E-state index in [9.17, 15) is 19.2 Å². The Labute approximate surface area is 227 Å². The number of likely N-dealkylation sites (N-methyl/N-ethyl adjacent to an activating group) is 1. The van der Waals surface area contributed by atoms with Crippen molar-refractivity contribution in [2.75, 3.05) is 11.9 Å². The molecule has 0 aromatic heterocycles. The summed E-state index contributed by atoms with van der Waals surface area (Å²) >= 11 is 0. The summed E-state index contributed by atoms with van der Waals surface area (Å²) in [6, 6.07) is 18.3. The summed E-state index contributed by atoms with van der Waals surface area (Å²) in [6.45, 7) is 3.83. The molecule has 3 aromatic rings. The molecule has 3 heterocycles. The Morgan fingerprint density at radius 1 is 1.00 bits per heavy atom. The van der Waals surface area contributed by atoms with Crippen molar-refractivity contribution in [1.82, 2.24) is 4.90 Å². The highest BCUT2D eigenvalue weighted by atomic mass is 19.1. The van der Waals surface area contributed by atoms with E-state index in [0.717, 1.165) is 48.1 Å². The average molecular weight is 523 g/mol. The van der Waals surface area contributed by atoms with Crippen molar-refractivity contribution in [2.45, 2.75) is 63.1 Å². The highest BCUT2D eigenvalue weighted by Gasteiger charge is 2.43. The van der Waals surface area contributed by atoms with Crippen molar-refractivity contribution >= 4 is 17.5 Å². The maximum absolute atomic E-state index is 14.8. The van der Waals surface area contributed by atoms with Gasteiger partial charge in [0.15, 0.2) is 0 Å². The van der Waals surface area contributed by atoms with E-state index in [-0.39, 0.29) is 35.5 Å². The van der Waals surface area contributed by atoms with Gasteiger partial charge in [-0.2, -0.15) is 5.26 Å². The summed E-state index contributed by atoms with van der Waals surface area (Å²) in [5.41, 5.74) is 10.8. The first-order valence-electron chi connectivity index (χ1n) is 13.5. The summed E-state index contributed by atoms with van der Waals surface area (Å²) in [7, 11) is 1.78. The van der Waals surface area contributed by atoms with Gasteiger partial charge in [0.1, 0.15) is 11.9 Å². The standard InChI is InChI=1S/C32H31FN4O2/c1-32(2)27-13-18(7-11-29(27)36(3)31(32)39)25-10-6-20(12-26(25)19-4-5-21(17-34)28(33)14-19)30(38)37-23-8-9-24(37)16-22(35)15-23/h4-7,10-14,22-24H,8-9,15-16,35H2,1-3H3/t22?,23-,24+. The number of fused-ring (bicyclic) bond motifs is 3. The number of piperidine rings is 1. The van der Waals surface area contributed by atoms with E-state index in [0.29, 0.717) is 16.7 Å². The number of nitriles is 1. The first-order valence-corrected chi connectivity index (χ1v) is 13.5. The third kappa shape index (κ3) is 3.93. The van der Waals surface area contributed by atoms with Gasteiger partial charge in [0.2, 0.25) is 5.91 Å². The van der Waals surface area contributed by atoms with Gasteiger partial charge >= 0.3 is 0 Å². The summed E-state index contributed by atoms with van der Waals surface area (Å²) in [4.78, 5) is 30.4. The maximum atomic E-state index is 14.8. The van der Waals surface area contributed by atoms with Crippen LogP contribution >= 0.6 is 0 Å². The van der Waals surface area contributed by atoms with E-state index in [1.165, 1.54) is 12.1 Å². The van der Waals surface area contributed by atoms with Gasteiger partial charge < -0.3 is 15.5 Å². The first-order chi connectivity index (χ1) is 18.6. The van der Waals surface area contributed by atoms with Crippen molar-refractivity contribution in [2.24, 2.45) is 5.73 Å². The van der Waals surface area contributed by atoms with E-state index in [4.69, 9.17) is 5.73 Å². The second-order valence-electron chi connectivity index (χ2n) is 11.6. The number of hydrogen-bond donors (Lipinski definition) is 1. The molecule has 2 amide bonds. The van der Waals surface area contributed by atoms with Gasteiger partial charge in [-0.15, -0.1) is 0 Å². The van der Waals surface area contributed by atoms with Gasteiger partial charge in [0, 0.05) is 36.4 Å². The quantitative estimate of drug-likeness (QED) is 0.500. The number of nitrogens with zero attached hydrogens (tertiary/aromatic N) is 3. The normalized spacial score (nSPS) is 23.1. The predicted molar refractivity (Wildman–Crippen MR) is 149 cm³/mol. The Bertz CT molecular complexity index is 1560. The molecule has 0 saturated carbocycles. The van der Waals surface area contributed by atoms with Crippen molar-refractivity contribution < 1.29 is 14.0 Å². The molecule has 39 heavy (non-hydrogen) atoms. The predicted octanol–water partition coefficient (Wildman–Crippen LogP) is 5.38. The lowest BCUT2D eigenvalue weighted by Crippen LogP contribution is -2.50. The van der Waals surface area contributed by atoms with Crippen molar-refractivity contribution in [3.05, 3.63) is 77.1 Å². The number of halogens is 1. The maximum Gasteiger partial charge on any atom is 0.254 e.